The van der Waals surface area contributed by atoms with Crippen LogP contribution in [0.3, 0.4) is 0 Å². The molecule has 0 radical (unpaired) electrons. The van der Waals surface area contributed by atoms with Gasteiger partial charge >= 0.3 is 12.3 Å². The average molecular weight is 505 g/mol. The predicted molar refractivity (Wildman–Crippen MR) is 115 cm³/mol. The van der Waals surface area contributed by atoms with Gasteiger partial charge in [-0.05, 0) is 24.5 Å². The Bertz CT molecular complexity index is 1190. The first-order valence-corrected chi connectivity index (χ1v) is 11.8. The summed E-state index contributed by atoms with van der Waals surface area (Å²) < 4.78 is 80.8. The molecule has 0 aromatic carbocycles. The van der Waals surface area contributed by atoms with Crippen molar-refractivity contribution < 1.29 is 30.7 Å². The number of hydrogen-bond acceptors (Lipinski definition) is 8. The SMILES string of the molecule is C[C@@H]1CN(C[SH](=O)=O)CC[C@@H]1Nc1nc2ccc(-c3cn[nH]c3)c(OCC(F)(F)C(F)F)n2n1. The van der Waals surface area contributed by atoms with Gasteiger partial charge in [-0.2, -0.15) is 23.4 Å². The number of likely N-dealkylation sites (tertiary alicyclic amines) is 1. The van der Waals surface area contributed by atoms with E-state index in [2.05, 4.69) is 25.6 Å². The van der Waals surface area contributed by atoms with Crippen LogP contribution in [0.1, 0.15) is 13.3 Å². The Morgan fingerprint density at radius 3 is 2.79 bits per heavy atom. The highest BCUT2D eigenvalue weighted by Crippen LogP contribution is 2.33. The number of fused-ring (bicyclic) bond motifs is 1. The third-order valence-corrected chi connectivity index (χ3v) is 6.23. The molecule has 0 spiro atoms. The molecule has 2 N–H and O–H groups in total. The van der Waals surface area contributed by atoms with Crippen molar-refractivity contribution in [2.24, 2.45) is 5.92 Å². The van der Waals surface area contributed by atoms with Gasteiger partial charge in [0.05, 0.1) is 12.1 Å². The number of nitrogens with zero attached hydrogens (tertiary/aromatic N) is 5. The number of aromatic nitrogens is 5. The second-order valence-electron chi connectivity index (χ2n) is 8.16. The van der Waals surface area contributed by atoms with Crippen molar-refractivity contribution in [2.45, 2.75) is 31.7 Å². The first kappa shape index (κ1) is 24.2. The molecule has 4 rings (SSSR count). The Morgan fingerprint density at radius 2 is 2.15 bits per heavy atom. The molecule has 1 aliphatic rings. The van der Waals surface area contributed by atoms with Crippen molar-refractivity contribution in [3.05, 3.63) is 24.5 Å². The highest BCUT2D eigenvalue weighted by atomic mass is 32.2. The highest BCUT2D eigenvalue weighted by Gasteiger charge is 2.42. The minimum absolute atomic E-state index is 0.000252. The largest absolute Gasteiger partial charge is 0.470 e. The third-order valence-electron chi connectivity index (χ3n) is 5.60. The lowest BCUT2D eigenvalue weighted by Crippen LogP contribution is -2.45. The fourth-order valence-corrected chi connectivity index (χ4v) is 4.46. The molecule has 1 aliphatic heterocycles. The number of thiol groups is 1. The van der Waals surface area contributed by atoms with Crippen molar-refractivity contribution in [3.63, 3.8) is 0 Å². The maximum atomic E-state index is 13.6. The number of H-pyrrole nitrogens is 1. The quantitative estimate of drug-likeness (QED) is 0.299. The van der Waals surface area contributed by atoms with E-state index in [9.17, 15) is 26.0 Å². The van der Waals surface area contributed by atoms with E-state index < -0.39 is 29.7 Å². The van der Waals surface area contributed by atoms with Gasteiger partial charge in [-0.15, -0.1) is 5.10 Å². The van der Waals surface area contributed by atoms with Gasteiger partial charge in [-0.25, -0.2) is 17.2 Å². The number of anilines is 1. The molecule has 0 saturated carbocycles. The molecule has 3 aromatic heterocycles. The molecule has 3 aromatic rings. The van der Waals surface area contributed by atoms with Gasteiger partial charge in [0.15, 0.2) is 23.0 Å². The van der Waals surface area contributed by atoms with E-state index in [1.54, 1.807) is 12.1 Å². The van der Waals surface area contributed by atoms with Crippen LogP contribution in [-0.4, -0.2) is 82.1 Å². The van der Waals surface area contributed by atoms with Crippen molar-refractivity contribution in [2.75, 3.05) is 30.9 Å². The number of ether oxygens (including phenoxy) is 1. The van der Waals surface area contributed by atoms with Crippen LogP contribution in [0, 0.1) is 5.92 Å². The molecule has 34 heavy (non-hydrogen) atoms. The Labute approximate surface area is 193 Å². The summed E-state index contributed by atoms with van der Waals surface area (Å²) in [7, 11) is -2.50. The summed E-state index contributed by atoms with van der Waals surface area (Å²) in [6.45, 7) is 1.56. The fourth-order valence-electron chi connectivity index (χ4n) is 3.87. The van der Waals surface area contributed by atoms with Gasteiger partial charge in [0.25, 0.3) is 0 Å². The Morgan fingerprint density at radius 1 is 1.35 bits per heavy atom. The first-order valence-electron chi connectivity index (χ1n) is 10.4. The van der Waals surface area contributed by atoms with Crippen LogP contribution in [0.2, 0.25) is 0 Å². The second kappa shape index (κ2) is 9.74. The molecule has 0 bridgehead atoms. The van der Waals surface area contributed by atoms with E-state index in [0.717, 1.165) is 0 Å². The molecular formula is C19H23F4N7O3S. The van der Waals surface area contributed by atoms with Crippen molar-refractivity contribution in [1.29, 1.82) is 0 Å². The highest BCUT2D eigenvalue weighted by molar-refractivity contribution is 7.72. The standard InChI is InChI=1S/C19H23F4N7O3S/c1-11-8-29(10-34(31)32)5-4-14(11)26-18-27-15-3-2-13(12-6-24-25-7-12)16(30(15)28-18)33-9-19(22,23)17(20)21/h2-3,6-7,11,14,17,34H,4-5,8-10H2,1H3,(H,24,25)(H,26,28)/t11-,14+/m1/s1. The lowest BCUT2D eigenvalue weighted by atomic mass is 9.94. The van der Waals surface area contributed by atoms with E-state index in [1.165, 1.54) is 16.9 Å². The molecule has 0 unspecified atom stereocenters. The van der Waals surface area contributed by atoms with Gasteiger partial charge in [-0.1, -0.05) is 6.92 Å². The number of nitrogens with one attached hydrogen (secondary N) is 2. The van der Waals surface area contributed by atoms with Crippen LogP contribution < -0.4 is 10.1 Å². The molecule has 1 saturated heterocycles. The lowest BCUT2D eigenvalue weighted by Gasteiger charge is -2.35. The molecular weight excluding hydrogens is 482 g/mol. The van der Waals surface area contributed by atoms with Crippen LogP contribution in [0.25, 0.3) is 16.8 Å². The number of piperidine rings is 1. The second-order valence-corrected chi connectivity index (χ2v) is 9.11. The smallest absolute Gasteiger partial charge is 0.340 e. The summed E-state index contributed by atoms with van der Waals surface area (Å²) in [4.78, 5) is 6.21. The summed E-state index contributed by atoms with van der Waals surface area (Å²) in [5, 5.41) is 13.9. The third kappa shape index (κ3) is 5.24. The molecule has 2 atom stereocenters. The van der Waals surface area contributed by atoms with Crippen LogP contribution in [0.5, 0.6) is 5.88 Å². The minimum atomic E-state index is -4.35. The number of rotatable bonds is 9. The van der Waals surface area contributed by atoms with Gasteiger partial charge in [0.2, 0.25) is 11.8 Å². The van der Waals surface area contributed by atoms with Crippen molar-refractivity contribution in [3.8, 4) is 17.0 Å². The zero-order chi connectivity index (χ0) is 24.5. The van der Waals surface area contributed by atoms with Gasteiger partial charge in [0.1, 0.15) is 0 Å². The molecule has 0 aliphatic carbocycles. The Hall–Kier alpha value is -2.94. The van der Waals surface area contributed by atoms with E-state index in [1.807, 2.05) is 11.8 Å². The first-order chi connectivity index (χ1) is 16.1. The molecule has 186 valence electrons. The normalized spacial score (nSPS) is 19.9. The lowest BCUT2D eigenvalue weighted by molar-refractivity contribution is -0.148. The summed E-state index contributed by atoms with van der Waals surface area (Å²) >= 11 is 0. The topological polar surface area (TPSA) is 118 Å². The number of alkyl halides is 4. The Balaban J connectivity index is 1.60. The molecule has 10 nitrogen and oxygen atoms in total. The Kier molecular flexibility index (Phi) is 6.93. The summed E-state index contributed by atoms with van der Waals surface area (Å²) in [6, 6.07) is 3.09. The number of aromatic amines is 1. The molecule has 4 heterocycles. The fraction of sp³-hybridized carbons (Fsp3) is 0.526. The van der Waals surface area contributed by atoms with E-state index in [4.69, 9.17) is 4.74 Å². The number of hydrogen-bond donors (Lipinski definition) is 3. The summed E-state index contributed by atoms with van der Waals surface area (Å²) in [6.07, 6.45) is -0.310. The molecule has 1 fully saturated rings. The maximum Gasteiger partial charge on any atom is 0.340 e. The average Bonchev–Trinajstić information content (AvgIpc) is 3.43. The minimum Gasteiger partial charge on any atom is -0.470 e. The van der Waals surface area contributed by atoms with Crippen LogP contribution in [-0.2, 0) is 10.7 Å². The van der Waals surface area contributed by atoms with Gasteiger partial charge in [0, 0.05) is 36.5 Å². The van der Waals surface area contributed by atoms with E-state index in [0.29, 0.717) is 30.6 Å². The van der Waals surface area contributed by atoms with Crippen LogP contribution in [0.15, 0.2) is 24.5 Å². The zero-order valence-corrected chi connectivity index (χ0v) is 18.9. The van der Waals surface area contributed by atoms with Crippen molar-refractivity contribution in [1.82, 2.24) is 29.7 Å². The van der Waals surface area contributed by atoms with Crippen molar-refractivity contribution >= 4 is 22.3 Å². The predicted octanol–water partition coefficient (Wildman–Crippen LogP) is 2.09. The zero-order valence-electron chi connectivity index (χ0n) is 18.0. The molecule has 15 heteroatoms. The molecule has 0 amide bonds. The van der Waals surface area contributed by atoms with Gasteiger partial charge in [-0.3, -0.25) is 10.00 Å². The van der Waals surface area contributed by atoms with Crippen LogP contribution >= 0.6 is 0 Å². The number of halogens is 4. The van der Waals surface area contributed by atoms with E-state index >= 15 is 0 Å². The monoisotopic (exact) mass is 505 g/mol. The van der Waals surface area contributed by atoms with Crippen LogP contribution in [0.4, 0.5) is 23.5 Å². The summed E-state index contributed by atoms with van der Waals surface area (Å²) in [5.41, 5.74) is 1.06. The summed E-state index contributed by atoms with van der Waals surface area (Å²) in [5.74, 6) is -4.25. The van der Waals surface area contributed by atoms with E-state index in [-0.39, 0.29) is 35.3 Å². The number of pyridine rings is 1. The van der Waals surface area contributed by atoms with Gasteiger partial charge < -0.3 is 10.1 Å². The maximum absolute atomic E-state index is 13.6.